The van der Waals surface area contributed by atoms with Crippen molar-refractivity contribution in [3.63, 3.8) is 0 Å². The number of benzene rings is 2. The standard InChI is InChI=1S/C23H24N2O3/c1-28-17-6-4-5-16(14-17)21-23(11-12-25(21)20(26)13-15-9-10-15)18-7-2-3-8-19(18)24-22(23)27/h2-8,14-15,21H,9-13H2,1H3,(H,24,27)/t21-,23+/m0/s1. The number of para-hydroxylation sites is 1. The third kappa shape index (κ3) is 2.53. The van der Waals surface area contributed by atoms with Crippen LogP contribution in [0.4, 0.5) is 5.69 Å². The fraction of sp³-hybridized carbons (Fsp3) is 0.391. The van der Waals surface area contributed by atoms with E-state index in [0.717, 1.165) is 35.4 Å². The molecule has 28 heavy (non-hydrogen) atoms. The Balaban J connectivity index is 1.64. The summed E-state index contributed by atoms with van der Waals surface area (Å²) in [6.07, 6.45) is 3.49. The van der Waals surface area contributed by atoms with Crippen LogP contribution in [0.1, 0.15) is 42.9 Å². The average molecular weight is 376 g/mol. The Bertz CT molecular complexity index is 952. The van der Waals surface area contributed by atoms with E-state index in [4.69, 9.17) is 4.74 Å². The van der Waals surface area contributed by atoms with E-state index in [1.54, 1.807) is 7.11 Å². The fourth-order valence-corrected chi connectivity index (χ4v) is 4.92. The molecule has 3 aliphatic rings. The largest absolute Gasteiger partial charge is 0.497 e. The Kier molecular flexibility index (Phi) is 3.93. The van der Waals surface area contributed by atoms with Gasteiger partial charge in [0, 0.05) is 18.7 Å². The van der Waals surface area contributed by atoms with Crippen molar-refractivity contribution in [2.45, 2.75) is 37.1 Å². The van der Waals surface area contributed by atoms with Gasteiger partial charge in [-0.25, -0.2) is 0 Å². The second-order valence-corrected chi connectivity index (χ2v) is 8.13. The highest BCUT2D eigenvalue weighted by atomic mass is 16.5. The molecule has 2 aliphatic heterocycles. The maximum Gasteiger partial charge on any atom is 0.237 e. The predicted octanol–water partition coefficient (Wildman–Crippen LogP) is 3.66. The number of hydrogen-bond donors (Lipinski definition) is 1. The SMILES string of the molecule is COc1cccc([C@@H]2N(C(=O)CC3CC3)CC[C@]23C(=O)Nc2ccccc23)c1. The maximum absolute atomic E-state index is 13.3. The minimum absolute atomic E-state index is 0.0109. The highest BCUT2D eigenvalue weighted by Gasteiger charge is 2.59. The zero-order valence-electron chi connectivity index (χ0n) is 16.0. The van der Waals surface area contributed by atoms with Gasteiger partial charge in [0.15, 0.2) is 0 Å². The van der Waals surface area contributed by atoms with Crippen LogP contribution in [0.2, 0.25) is 0 Å². The van der Waals surface area contributed by atoms with Crippen LogP contribution in [0, 0.1) is 5.92 Å². The van der Waals surface area contributed by atoms with Crippen molar-refractivity contribution < 1.29 is 14.3 Å². The lowest BCUT2D eigenvalue weighted by atomic mass is 9.72. The quantitative estimate of drug-likeness (QED) is 0.886. The van der Waals surface area contributed by atoms with Crippen molar-refractivity contribution in [3.05, 3.63) is 59.7 Å². The van der Waals surface area contributed by atoms with Gasteiger partial charge in [-0.3, -0.25) is 9.59 Å². The Morgan fingerprint density at radius 2 is 2.04 bits per heavy atom. The van der Waals surface area contributed by atoms with Crippen molar-refractivity contribution in [2.75, 3.05) is 19.0 Å². The first-order chi connectivity index (χ1) is 13.6. The van der Waals surface area contributed by atoms with Gasteiger partial charge in [-0.05, 0) is 54.5 Å². The summed E-state index contributed by atoms with van der Waals surface area (Å²) < 4.78 is 5.43. The molecule has 1 spiro atoms. The molecule has 0 bridgehead atoms. The molecule has 5 heteroatoms. The normalized spacial score (nSPS) is 25.7. The summed E-state index contributed by atoms with van der Waals surface area (Å²) >= 11 is 0. The topological polar surface area (TPSA) is 58.6 Å². The first-order valence-corrected chi connectivity index (χ1v) is 9.98. The second kappa shape index (κ2) is 6.36. The number of methoxy groups -OCH3 is 1. The first kappa shape index (κ1) is 17.3. The number of rotatable bonds is 4. The summed E-state index contributed by atoms with van der Waals surface area (Å²) in [4.78, 5) is 28.4. The minimum Gasteiger partial charge on any atom is -0.497 e. The van der Waals surface area contributed by atoms with Crippen LogP contribution in [0.5, 0.6) is 5.75 Å². The average Bonchev–Trinajstić information content (AvgIpc) is 3.36. The molecule has 144 valence electrons. The minimum atomic E-state index is -0.748. The number of hydrogen-bond acceptors (Lipinski definition) is 3. The molecule has 1 saturated heterocycles. The first-order valence-electron chi connectivity index (χ1n) is 9.98. The third-order valence-electron chi connectivity index (χ3n) is 6.48. The van der Waals surface area contributed by atoms with E-state index >= 15 is 0 Å². The molecular weight excluding hydrogens is 352 g/mol. The van der Waals surface area contributed by atoms with Gasteiger partial charge in [-0.2, -0.15) is 0 Å². The van der Waals surface area contributed by atoms with Gasteiger partial charge in [0.1, 0.15) is 11.2 Å². The smallest absolute Gasteiger partial charge is 0.237 e. The third-order valence-corrected chi connectivity index (χ3v) is 6.48. The number of ether oxygens (including phenoxy) is 1. The molecule has 1 aliphatic carbocycles. The van der Waals surface area contributed by atoms with Crippen LogP contribution >= 0.6 is 0 Å². The highest BCUT2D eigenvalue weighted by Crippen LogP contribution is 2.55. The lowest BCUT2D eigenvalue weighted by Gasteiger charge is -2.34. The van der Waals surface area contributed by atoms with Gasteiger partial charge in [-0.1, -0.05) is 30.3 Å². The maximum atomic E-state index is 13.3. The van der Waals surface area contributed by atoms with Gasteiger partial charge in [0.2, 0.25) is 11.8 Å². The number of carbonyl (C=O) groups excluding carboxylic acids is 2. The molecule has 2 fully saturated rings. The molecule has 0 aromatic heterocycles. The highest BCUT2D eigenvalue weighted by molar-refractivity contribution is 6.07. The zero-order valence-corrected chi connectivity index (χ0v) is 16.0. The summed E-state index contributed by atoms with van der Waals surface area (Å²) in [5, 5.41) is 3.06. The molecule has 2 atom stereocenters. The van der Waals surface area contributed by atoms with E-state index in [1.165, 1.54) is 0 Å². The number of carbonyl (C=O) groups is 2. The molecule has 5 rings (SSSR count). The summed E-state index contributed by atoms with van der Waals surface area (Å²) in [5.74, 6) is 1.40. The van der Waals surface area contributed by atoms with Crippen molar-refractivity contribution in [2.24, 2.45) is 5.92 Å². The van der Waals surface area contributed by atoms with Gasteiger partial charge in [0.25, 0.3) is 0 Å². The molecule has 1 N–H and O–H groups in total. The van der Waals surface area contributed by atoms with Gasteiger partial charge >= 0.3 is 0 Å². The van der Waals surface area contributed by atoms with E-state index in [1.807, 2.05) is 53.4 Å². The lowest BCUT2D eigenvalue weighted by molar-refractivity contribution is -0.133. The second-order valence-electron chi connectivity index (χ2n) is 8.13. The van der Waals surface area contributed by atoms with E-state index in [-0.39, 0.29) is 17.9 Å². The molecule has 1 saturated carbocycles. The Morgan fingerprint density at radius 3 is 2.82 bits per heavy atom. The van der Waals surface area contributed by atoms with E-state index in [9.17, 15) is 9.59 Å². The molecule has 2 heterocycles. The van der Waals surface area contributed by atoms with Gasteiger partial charge in [0.05, 0.1) is 13.2 Å². The number of amides is 2. The van der Waals surface area contributed by atoms with Gasteiger partial charge in [-0.15, -0.1) is 0 Å². The fourth-order valence-electron chi connectivity index (χ4n) is 4.92. The molecule has 0 radical (unpaired) electrons. The Hall–Kier alpha value is -2.82. The number of nitrogens with zero attached hydrogens (tertiary/aromatic N) is 1. The molecule has 2 aromatic rings. The predicted molar refractivity (Wildman–Crippen MR) is 106 cm³/mol. The van der Waals surface area contributed by atoms with Crippen LogP contribution < -0.4 is 10.1 Å². The zero-order chi connectivity index (χ0) is 19.3. The number of nitrogens with one attached hydrogen (secondary N) is 1. The number of anilines is 1. The van der Waals surface area contributed by atoms with Crippen LogP contribution in [-0.2, 0) is 15.0 Å². The lowest BCUT2D eigenvalue weighted by Crippen LogP contribution is -2.42. The monoisotopic (exact) mass is 376 g/mol. The summed E-state index contributed by atoms with van der Waals surface area (Å²) in [6, 6.07) is 15.3. The van der Waals surface area contributed by atoms with Gasteiger partial charge < -0.3 is 15.0 Å². The van der Waals surface area contributed by atoms with Crippen LogP contribution in [0.15, 0.2) is 48.5 Å². The molecule has 0 unspecified atom stereocenters. The van der Waals surface area contributed by atoms with Crippen LogP contribution in [0.3, 0.4) is 0 Å². The van der Waals surface area contributed by atoms with Crippen LogP contribution in [-0.4, -0.2) is 30.4 Å². The van der Waals surface area contributed by atoms with E-state index in [2.05, 4.69) is 5.32 Å². The van der Waals surface area contributed by atoms with Crippen molar-refractivity contribution in [3.8, 4) is 5.75 Å². The number of likely N-dealkylation sites (tertiary alicyclic amines) is 1. The Labute approximate surface area is 164 Å². The molecule has 5 nitrogen and oxygen atoms in total. The van der Waals surface area contributed by atoms with E-state index in [0.29, 0.717) is 25.3 Å². The summed E-state index contributed by atoms with van der Waals surface area (Å²) in [6.45, 7) is 0.592. The Morgan fingerprint density at radius 1 is 1.21 bits per heavy atom. The molecule has 2 amide bonds. The van der Waals surface area contributed by atoms with Crippen molar-refractivity contribution >= 4 is 17.5 Å². The van der Waals surface area contributed by atoms with Crippen LogP contribution in [0.25, 0.3) is 0 Å². The van der Waals surface area contributed by atoms with E-state index < -0.39 is 5.41 Å². The molecular formula is C23H24N2O3. The summed E-state index contributed by atoms with van der Waals surface area (Å²) in [5.41, 5.74) is 2.06. The molecule has 2 aromatic carbocycles. The summed E-state index contributed by atoms with van der Waals surface area (Å²) in [7, 11) is 1.64. The number of fused-ring (bicyclic) bond motifs is 2. The van der Waals surface area contributed by atoms with Crippen molar-refractivity contribution in [1.82, 2.24) is 4.90 Å². The van der Waals surface area contributed by atoms with Crippen molar-refractivity contribution in [1.29, 1.82) is 0 Å².